The second-order valence-corrected chi connectivity index (χ2v) is 8.58. The normalized spacial score (nSPS) is 19.2. The molecule has 1 amide bonds. The van der Waals surface area contributed by atoms with Crippen molar-refractivity contribution in [3.05, 3.63) is 36.2 Å². The molecule has 0 radical (unpaired) electrons. The minimum Gasteiger partial charge on any atom is -0.342 e. The van der Waals surface area contributed by atoms with Crippen LogP contribution >= 0.6 is 11.8 Å². The summed E-state index contributed by atoms with van der Waals surface area (Å²) in [5, 5.41) is 5.29. The smallest absolute Gasteiger partial charge is 0.235 e. The molecule has 4 rings (SSSR count). The molecule has 1 aromatic carbocycles. The molecule has 1 aliphatic carbocycles. The molecular formula is C20H26N4OS. The number of likely N-dealkylation sites (tertiary alicyclic amines) is 1. The molecular weight excluding hydrogens is 344 g/mol. The van der Waals surface area contributed by atoms with Crippen molar-refractivity contribution in [1.29, 1.82) is 0 Å². The average molecular weight is 371 g/mol. The van der Waals surface area contributed by atoms with Crippen molar-refractivity contribution in [2.45, 2.75) is 61.8 Å². The molecule has 2 heterocycles. The molecule has 2 aromatic rings. The number of benzene rings is 1. The van der Waals surface area contributed by atoms with Crippen LogP contribution in [-0.2, 0) is 4.79 Å². The number of para-hydroxylation sites is 1. The van der Waals surface area contributed by atoms with E-state index < -0.39 is 0 Å². The summed E-state index contributed by atoms with van der Waals surface area (Å²) in [7, 11) is 0. The summed E-state index contributed by atoms with van der Waals surface area (Å²) in [5.41, 5.74) is 1.04. The van der Waals surface area contributed by atoms with Gasteiger partial charge in [0.05, 0.1) is 10.9 Å². The molecule has 0 N–H and O–H groups in total. The van der Waals surface area contributed by atoms with Crippen LogP contribution in [-0.4, -0.2) is 43.9 Å². The van der Waals surface area contributed by atoms with Gasteiger partial charge in [-0.1, -0.05) is 42.8 Å². The number of amides is 1. The molecule has 1 aliphatic heterocycles. The first-order chi connectivity index (χ1) is 12.7. The van der Waals surface area contributed by atoms with E-state index >= 15 is 0 Å². The van der Waals surface area contributed by atoms with E-state index in [2.05, 4.69) is 12.1 Å². The zero-order valence-electron chi connectivity index (χ0n) is 15.3. The van der Waals surface area contributed by atoms with Crippen LogP contribution < -0.4 is 0 Å². The maximum absolute atomic E-state index is 12.8. The van der Waals surface area contributed by atoms with E-state index in [1.165, 1.54) is 37.4 Å². The van der Waals surface area contributed by atoms with E-state index in [0.717, 1.165) is 37.4 Å². The Morgan fingerprint density at radius 2 is 1.81 bits per heavy atom. The van der Waals surface area contributed by atoms with E-state index in [1.54, 1.807) is 0 Å². The van der Waals surface area contributed by atoms with E-state index in [1.807, 2.05) is 34.7 Å². The van der Waals surface area contributed by atoms with Crippen molar-refractivity contribution in [2.75, 3.05) is 13.1 Å². The van der Waals surface area contributed by atoms with Crippen molar-refractivity contribution >= 4 is 17.7 Å². The van der Waals surface area contributed by atoms with Gasteiger partial charge in [-0.15, -0.1) is 5.10 Å². The van der Waals surface area contributed by atoms with Crippen molar-refractivity contribution < 1.29 is 4.79 Å². The van der Waals surface area contributed by atoms with Gasteiger partial charge < -0.3 is 4.90 Å². The van der Waals surface area contributed by atoms with Crippen LogP contribution in [0.5, 0.6) is 0 Å². The molecule has 0 spiro atoms. The molecule has 1 atom stereocenters. The molecule has 5 nitrogen and oxygen atoms in total. The van der Waals surface area contributed by atoms with E-state index in [0.29, 0.717) is 11.1 Å². The summed E-state index contributed by atoms with van der Waals surface area (Å²) in [6, 6.07) is 10.2. The molecule has 26 heavy (non-hydrogen) atoms. The highest BCUT2D eigenvalue weighted by molar-refractivity contribution is 8.00. The van der Waals surface area contributed by atoms with Gasteiger partial charge in [0.1, 0.15) is 5.82 Å². The summed E-state index contributed by atoms with van der Waals surface area (Å²) in [6.07, 6.45) is 7.07. The highest BCUT2D eigenvalue weighted by Crippen LogP contribution is 2.40. The lowest BCUT2D eigenvalue weighted by molar-refractivity contribution is -0.130. The molecule has 1 saturated heterocycles. The standard InChI is InChI=1S/C20H26N4OS/c1-15(19(25)23-13-7-2-3-8-14-23)26-20-21-18(16-11-12-16)24(22-20)17-9-5-4-6-10-17/h4-6,9-10,15-16H,2-3,7-8,11-14H2,1H3/t15-/m1/s1. The van der Waals surface area contributed by atoms with Crippen molar-refractivity contribution in [1.82, 2.24) is 19.7 Å². The van der Waals surface area contributed by atoms with Crippen LogP contribution in [0.1, 0.15) is 57.2 Å². The van der Waals surface area contributed by atoms with E-state index in [-0.39, 0.29) is 11.2 Å². The number of carbonyl (C=O) groups is 1. The maximum atomic E-state index is 12.8. The minimum absolute atomic E-state index is 0.147. The van der Waals surface area contributed by atoms with Crippen LogP contribution in [0.25, 0.3) is 5.69 Å². The molecule has 1 aromatic heterocycles. The number of rotatable bonds is 5. The van der Waals surface area contributed by atoms with Gasteiger partial charge in [-0.2, -0.15) is 0 Å². The SMILES string of the molecule is C[C@@H](Sc1nc(C2CC2)n(-c2ccccc2)n1)C(=O)N1CCCCCC1. The van der Waals surface area contributed by atoms with Gasteiger partial charge in [0.15, 0.2) is 0 Å². The predicted octanol–water partition coefficient (Wildman–Crippen LogP) is 4.03. The molecule has 0 unspecified atom stereocenters. The van der Waals surface area contributed by atoms with Crippen LogP contribution in [0.4, 0.5) is 0 Å². The molecule has 1 saturated carbocycles. The summed E-state index contributed by atoms with van der Waals surface area (Å²) < 4.78 is 1.96. The average Bonchev–Trinajstić information content (AvgIpc) is 3.47. The summed E-state index contributed by atoms with van der Waals surface area (Å²) in [5.74, 6) is 1.77. The summed E-state index contributed by atoms with van der Waals surface area (Å²) in [6.45, 7) is 3.77. The van der Waals surface area contributed by atoms with Crippen molar-refractivity contribution in [2.24, 2.45) is 0 Å². The summed E-state index contributed by atoms with van der Waals surface area (Å²) in [4.78, 5) is 19.6. The van der Waals surface area contributed by atoms with E-state index in [9.17, 15) is 4.79 Å². The number of hydrogen-bond acceptors (Lipinski definition) is 4. The topological polar surface area (TPSA) is 51.0 Å². The minimum atomic E-state index is -0.147. The Balaban J connectivity index is 1.50. The van der Waals surface area contributed by atoms with E-state index in [4.69, 9.17) is 10.1 Å². The highest BCUT2D eigenvalue weighted by atomic mass is 32.2. The van der Waals surface area contributed by atoms with Crippen LogP contribution in [0.2, 0.25) is 0 Å². The second-order valence-electron chi connectivity index (χ2n) is 7.27. The molecule has 0 bridgehead atoms. The highest BCUT2D eigenvalue weighted by Gasteiger charge is 2.31. The third-order valence-electron chi connectivity index (χ3n) is 5.10. The second kappa shape index (κ2) is 7.82. The van der Waals surface area contributed by atoms with Crippen molar-refractivity contribution in [3.8, 4) is 5.69 Å². The Morgan fingerprint density at radius 3 is 2.46 bits per heavy atom. The maximum Gasteiger partial charge on any atom is 0.235 e. The van der Waals surface area contributed by atoms with Gasteiger partial charge in [0.25, 0.3) is 0 Å². The first-order valence-corrected chi connectivity index (χ1v) is 10.6. The van der Waals surface area contributed by atoms with Gasteiger partial charge in [-0.05, 0) is 44.7 Å². The lowest BCUT2D eigenvalue weighted by Crippen LogP contribution is -2.37. The van der Waals surface area contributed by atoms with Gasteiger partial charge in [-0.3, -0.25) is 4.79 Å². The Kier molecular flexibility index (Phi) is 5.29. The summed E-state index contributed by atoms with van der Waals surface area (Å²) >= 11 is 1.49. The molecule has 2 aliphatic rings. The number of aromatic nitrogens is 3. The number of thioether (sulfide) groups is 1. The fraction of sp³-hybridized carbons (Fsp3) is 0.550. The van der Waals surface area contributed by atoms with Gasteiger partial charge in [-0.25, -0.2) is 9.67 Å². The zero-order valence-corrected chi connectivity index (χ0v) is 16.1. The number of carbonyl (C=O) groups excluding carboxylic acids is 1. The Labute approximate surface area is 159 Å². The fourth-order valence-electron chi connectivity index (χ4n) is 3.48. The van der Waals surface area contributed by atoms with Gasteiger partial charge in [0.2, 0.25) is 11.1 Å². The Hall–Kier alpha value is -1.82. The third-order valence-corrected chi connectivity index (χ3v) is 6.04. The van der Waals surface area contributed by atoms with Crippen LogP contribution in [0.3, 0.4) is 0 Å². The monoisotopic (exact) mass is 370 g/mol. The first kappa shape index (κ1) is 17.6. The van der Waals surface area contributed by atoms with Gasteiger partial charge in [0, 0.05) is 19.0 Å². The third kappa shape index (κ3) is 3.95. The zero-order chi connectivity index (χ0) is 17.9. The number of hydrogen-bond donors (Lipinski definition) is 0. The van der Waals surface area contributed by atoms with Gasteiger partial charge >= 0.3 is 0 Å². The van der Waals surface area contributed by atoms with Crippen molar-refractivity contribution in [3.63, 3.8) is 0 Å². The van der Waals surface area contributed by atoms with Crippen LogP contribution in [0.15, 0.2) is 35.5 Å². The molecule has 6 heteroatoms. The Morgan fingerprint density at radius 1 is 1.12 bits per heavy atom. The first-order valence-electron chi connectivity index (χ1n) is 9.70. The molecule has 2 fully saturated rings. The predicted molar refractivity (Wildman–Crippen MR) is 104 cm³/mol. The van der Waals surface area contributed by atoms with Crippen LogP contribution in [0, 0.1) is 0 Å². The Bertz CT molecular complexity index is 748. The number of nitrogens with zero attached hydrogens (tertiary/aromatic N) is 4. The quantitative estimate of drug-likeness (QED) is 0.746. The molecule has 138 valence electrons. The lowest BCUT2D eigenvalue weighted by atomic mass is 10.2. The lowest BCUT2D eigenvalue weighted by Gasteiger charge is -2.23. The largest absolute Gasteiger partial charge is 0.342 e. The fourth-order valence-corrected chi connectivity index (χ4v) is 4.32.